The number of cyclic esters (lactones) is 1. The number of nitrogens with one attached hydrogen (secondary N) is 1. The summed E-state index contributed by atoms with van der Waals surface area (Å²) in [4.78, 5) is 66.9. The molecule has 2 aromatic carbocycles. The third-order valence-corrected chi connectivity index (χ3v) is 11.5. The van der Waals surface area contributed by atoms with Crippen LogP contribution >= 0.6 is 0 Å². The summed E-state index contributed by atoms with van der Waals surface area (Å²) in [5, 5.41) is 26.3. The van der Waals surface area contributed by atoms with Crippen LogP contribution in [0.1, 0.15) is 129 Å². The highest BCUT2D eigenvalue weighted by atomic mass is 16.5. The lowest BCUT2D eigenvalue weighted by molar-refractivity contribution is -0.134. The van der Waals surface area contributed by atoms with Crippen molar-refractivity contribution in [3.05, 3.63) is 92.9 Å². The van der Waals surface area contributed by atoms with Gasteiger partial charge in [0.15, 0.2) is 0 Å². The van der Waals surface area contributed by atoms with Crippen LogP contribution in [0.5, 0.6) is 17.2 Å². The van der Waals surface area contributed by atoms with Crippen molar-refractivity contribution < 1.29 is 38.9 Å². The Bertz CT molecular complexity index is 2020. The van der Waals surface area contributed by atoms with Gasteiger partial charge in [0.05, 0.1) is 13.2 Å². The van der Waals surface area contributed by atoms with Crippen molar-refractivity contribution in [1.82, 2.24) is 14.8 Å². The fourth-order valence-corrected chi connectivity index (χ4v) is 8.56. The molecular formula is C45H55N3O9. The molecule has 2 amide bonds. The topological polar surface area (TPSA) is 164 Å². The van der Waals surface area contributed by atoms with Gasteiger partial charge in [0, 0.05) is 81.0 Å². The van der Waals surface area contributed by atoms with E-state index < -0.39 is 23.7 Å². The van der Waals surface area contributed by atoms with E-state index in [0.717, 1.165) is 18.5 Å². The van der Waals surface area contributed by atoms with Gasteiger partial charge in [-0.2, -0.15) is 0 Å². The number of phenols is 2. The summed E-state index contributed by atoms with van der Waals surface area (Å²) >= 11 is 0. The lowest BCUT2D eigenvalue weighted by Crippen LogP contribution is -2.49. The van der Waals surface area contributed by atoms with Crippen molar-refractivity contribution in [3.63, 3.8) is 0 Å². The number of aromatic nitrogens is 1. The molecule has 3 N–H and O–H groups in total. The largest absolute Gasteiger partial charge is 0.507 e. The molecule has 0 saturated carbocycles. The minimum absolute atomic E-state index is 0.0218. The number of hydrogen-bond acceptors (Lipinski definition) is 9. The second-order valence-electron chi connectivity index (χ2n) is 15.8. The number of benzene rings is 2. The molecule has 2 bridgehead atoms. The highest BCUT2D eigenvalue weighted by Gasteiger charge is 2.36. The van der Waals surface area contributed by atoms with E-state index in [2.05, 4.69) is 5.32 Å². The molecule has 1 aromatic heterocycles. The summed E-state index contributed by atoms with van der Waals surface area (Å²) in [7, 11) is 1.54. The maximum absolute atomic E-state index is 13.7. The molecule has 3 aliphatic rings. The molecule has 12 nitrogen and oxygen atoms in total. The van der Waals surface area contributed by atoms with E-state index in [-0.39, 0.29) is 63.9 Å². The van der Waals surface area contributed by atoms with Gasteiger partial charge in [-0.25, -0.2) is 4.79 Å². The van der Waals surface area contributed by atoms with E-state index in [1.54, 1.807) is 62.6 Å². The average Bonchev–Trinajstić information content (AvgIpc) is 3.18. The van der Waals surface area contributed by atoms with Crippen molar-refractivity contribution in [2.75, 3.05) is 26.7 Å². The van der Waals surface area contributed by atoms with Gasteiger partial charge in [-0.3, -0.25) is 19.2 Å². The SMILES string of the molecule is COc1ccc(C(CC(=O)NCCCCCC(=O)N2C[C@H]3C[C@@H](C2)c2cccc(=O)n2C3)c2c(O)cc3c(c2O)C(=O)O[C@@H](C)CCCC(=O)CCCC=C3)cc1. The number of ketones is 1. The number of carbonyl (C=O) groups is 4. The van der Waals surface area contributed by atoms with Crippen molar-refractivity contribution in [1.29, 1.82) is 0 Å². The van der Waals surface area contributed by atoms with Crippen LogP contribution in [0.4, 0.5) is 0 Å². The van der Waals surface area contributed by atoms with E-state index in [0.29, 0.717) is 95.3 Å². The molecule has 0 aliphatic carbocycles. The number of unbranched alkanes of at least 4 members (excludes halogenated alkanes) is 2. The quantitative estimate of drug-likeness (QED) is 0.144. The van der Waals surface area contributed by atoms with Gasteiger partial charge in [-0.1, -0.05) is 36.8 Å². The molecule has 57 heavy (non-hydrogen) atoms. The lowest BCUT2D eigenvalue weighted by atomic mass is 9.83. The summed E-state index contributed by atoms with van der Waals surface area (Å²) in [6, 6.07) is 13.8. The monoisotopic (exact) mass is 781 g/mol. The number of nitrogens with zero attached hydrogens (tertiary/aromatic N) is 2. The number of Topliss-reactive ketones (excluding diaryl/α,β-unsaturated/α-hetero) is 1. The van der Waals surface area contributed by atoms with E-state index in [1.165, 1.54) is 6.07 Å². The number of phenolic OH excluding ortho intramolecular Hbond substituents is 2. The second-order valence-corrected chi connectivity index (χ2v) is 15.8. The van der Waals surface area contributed by atoms with Crippen LogP contribution in [-0.2, 0) is 25.7 Å². The molecule has 1 saturated heterocycles. The maximum atomic E-state index is 13.7. The number of hydrogen-bond donors (Lipinski definition) is 3. The standard InChI is InChI=1S/C45H55N3O9/c1-29-11-9-14-34(49)13-6-3-5-12-32-24-38(50)43(44(54)42(32)45(55)57-29)36(31-18-20-35(56-2)21-19-31)25-39(51)46-22-8-4-7-16-40(52)47-26-30-23-33(28-47)37-15-10-17-41(53)48(37)27-30/h5,10,12,15,17-21,24,29-30,33,36,50,54H,3-4,6-9,11,13-14,16,22-23,25-28H2,1-2H3,(H,46,51)/t29-,30+,33-,36?/m0/s1. The Hall–Kier alpha value is -5.39. The van der Waals surface area contributed by atoms with Gasteiger partial charge in [0.1, 0.15) is 28.6 Å². The maximum Gasteiger partial charge on any atom is 0.342 e. The van der Waals surface area contributed by atoms with Crippen molar-refractivity contribution in [2.24, 2.45) is 5.92 Å². The number of pyridine rings is 1. The lowest BCUT2D eigenvalue weighted by Gasteiger charge is -2.42. The number of methoxy groups -OCH3 is 1. The van der Waals surface area contributed by atoms with Crippen LogP contribution in [0.15, 0.2) is 59.4 Å². The van der Waals surface area contributed by atoms with Crippen LogP contribution in [0, 0.1) is 5.92 Å². The molecule has 0 radical (unpaired) electrons. The number of esters is 1. The van der Waals surface area contributed by atoms with E-state index in [4.69, 9.17) is 9.47 Å². The van der Waals surface area contributed by atoms with Crippen molar-refractivity contribution in [2.45, 2.75) is 108 Å². The van der Waals surface area contributed by atoms with Crippen molar-refractivity contribution >= 4 is 29.6 Å². The molecule has 4 heterocycles. The summed E-state index contributed by atoms with van der Waals surface area (Å²) in [6.45, 7) is 4.06. The number of piperidine rings is 1. The van der Waals surface area contributed by atoms with Gasteiger partial charge >= 0.3 is 5.97 Å². The molecule has 4 atom stereocenters. The number of likely N-dealkylation sites (tertiary alicyclic amines) is 1. The first-order valence-electron chi connectivity index (χ1n) is 20.4. The Labute approximate surface area is 333 Å². The number of fused-ring (bicyclic) bond motifs is 5. The van der Waals surface area contributed by atoms with Gasteiger partial charge < -0.3 is 34.5 Å². The van der Waals surface area contributed by atoms with Gasteiger partial charge in [-0.15, -0.1) is 0 Å². The third kappa shape index (κ3) is 10.3. The fourth-order valence-electron chi connectivity index (χ4n) is 8.56. The van der Waals surface area contributed by atoms with Crippen LogP contribution in [0.25, 0.3) is 6.08 Å². The van der Waals surface area contributed by atoms with Gasteiger partial charge in [-0.05, 0) is 93.2 Å². The second kappa shape index (κ2) is 19.2. The van der Waals surface area contributed by atoms with Crippen LogP contribution in [0.2, 0.25) is 0 Å². The van der Waals surface area contributed by atoms with Crippen LogP contribution in [0.3, 0.4) is 0 Å². The smallest absolute Gasteiger partial charge is 0.342 e. The minimum Gasteiger partial charge on any atom is -0.507 e. The summed E-state index contributed by atoms with van der Waals surface area (Å²) < 4.78 is 12.9. The Morgan fingerprint density at radius 3 is 2.56 bits per heavy atom. The number of rotatable bonds is 11. The van der Waals surface area contributed by atoms with E-state index in [9.17, 15) is 34.2 Å². The summed E-state index contributed by atoms with van der Waals surface area (Å²) in [5.74, 6) is -1.30. The zero-order chi connectivity index (χ0) is 40.5. The number of aromatic hydroxyl groups is 2. The predicted octanol–water partition coefficient (Wildman–Crippen LogP) is 6.59. The minimum atomic E-state index is -0.832. The average molecular weight is 782 g/mol. The molecule has 6 rings (SSSR count). The van der Waals surface area contributed by atoms with Gasteiger partial charge in [0.2, 0.25) is 11.8 Å². The first-order chi connectivity index (χ1) is 27.5. The van der Waals surface area contributed by atoms with Crippen molar-refractivity contribution in [3.8, 4) is 17.2 Å². The molecule has 12 heteroatoms. The highest BCUT2D eigenvalue weighted by molar-refractivity contribution is 5.98. The highest BCUT2D eigenvalue weighted by Crippen LogP contribution is 2.44. The molecule has 1 fully saturated rings. The molecule has 1 unspecified atom stereocenters. The van der Waals surface area contributed by atoms with Crippen LogP contribution < -0.4 is 15.6 Å². The number of amides is 2. The van der Waals surface area contributed by atoms with Crippen LogP contribution in [-0.4, -0.2) is 76.1 Å². The number of ether oxygens (including phenoxy) is 2. The zero-order valence-corrected chi connectivity index (χ0v) is 33.0. The molecule has 0 spiro atoms. The Kier molecular flexibility index (Phi) is 13.9. The molecule has 3 aliphatic heterocycles. The first-order valence-corrected chi connectivity index (χ1v) is 20.4. The summed E-state index contributed by atoms with van der Waals surface area (Å²) in [5.41, 5.74) is 1.87. The number of allylic oxidation sites excluding steroid dienone is 1. The Balaban J connectivity index is 1.10. The number of carbonyl (C=O) groups excluding carboxylic acids is 4. The van der Waals surface area contributed by atoms with Gasteiger partial charge in [0.25, 0.3) is 5.56 Å². The molecule has 304 valence electrons. The molecular weight excluding hydrogens is 727 g/mol. The van der Waals surface area contributed by atoms with E-state index in [1.807, 2.05) is 15.5 Å². The normalized spacial score (nSPS) is 20.4. The van der Waals surface area contributed by atoms with E-state index >= 15 is 0 Å². The Morgan fingerprint density at radius 1 is 0.982 bits per heavy atom. The fraction of sp³-hybridized carbons (Fsp3) is 0.489. The third-order valence-electron chi connectivity index (χ3n) is 11.5. The molecule has 3 aromatic rings. The first kappa shape index (κ1) is 41.2. The Morgan fingerprint density at radius 2 is 1.77 bits per heavy atom. The predicted molar refractivity (Wildman–Crippen MR) is 215 cm³/mol. The summed E-state index contributed by atoms with van der Waals surface area (Å²) in [6.07, 6.45) is 9.44. The zero-order valence-electron chi connectivity index (χ0n) is 33.0.